The first-order valence-corrected chi connectivity index (χ1v) is 10.4. The van der Waals surface area contributed by atoms with Crippen LogP contribution in [0.3, 0.4) is 0 Å². The number of anilines is 1. The fraction of sp³-hybridized carbons (Fsp3) is 0.500. The molecule has 3 aromatic rings. The molecular weight excluding hydrogens is 350 g/mol. The maximum Gasteiger partial charge on any atom is 0.300 e. The van der Waals surface area contributed by atoms with E-state index in [1.165, 1.54) is 32.1 Å². The first-order valence-electron chi connectivity index (χ1n) is 10.4. The zero-order valence-electron chi connectivity index (χ0n) is 16.6. The fourth-order valence-corrected chi connectivity index (χ4v) is 5.11. The van der Waals surface area contributed by atoms with Gasteiger partial charge in [-0.1, -0.05) is 49.6 Å². The molecule has 0 bridgehead atoms. The van der Waals surface area contributed by atoms with E-state index in [0.29, 0.717) is 30.0 Å². The van der Waals surface area contributed by atoms with Crippen LogP contribution in [0.1, 0.15) is 56.5 Å². The molecule has 5 rings (SSSR count). The molecule has 28 heavy (non-hydrogen) atoms. The molecule has 0 radical (unpaired) electrons. The smallest absolute Gasteiger partial charge is 0.300 e. The molecule has 1 aliphatic carbocycles. The normalized spacial score (nSPS) is 22.4. The van der Waals surface area contributed by atoms with E-state index in [9.17, 15) is 4.79 Å². The van der Waals surface area contributed by atoms with Crippen LogP contribution >= 0.6 is 0 Å². The highest BCUT2D eigenvalue weighted by molar-refractivity contribution is 5.74. The molecule has 3 heterocycles. The van der Waals surface area contributed by atoms with Crippen LogP contribution in [-0.4, -0.2) is 25.1 Å². The number of nitrogens with one attached hydrogen (secondary N) is 1. The van der Waals surface area contributed by atoms with Crippen molar-refractivity contribution in [1.82, 2.24) is 19.1 Å². The SMILES string of the molecule is Cc1nc2c(c(=O)nc3n2C(C)[C@@H](C2CCCCC2)N3)n1Cc1ccccc1. The second kappa shape index (κ2) is 6.76. The van der Waals surface area contributed by atoms with E-state index in [-0.39, 0.29) is 11.6 Å². The molecule has 6 heteroatoms. The van der Waals surface area contributed by atoms with Crippen molar-refractivity contribution < 1.29 is 0 Å². The Kier molecular flexibility index (Phi) is 4.22. The van der Waals surface area contributed by atoms with Gasteiger partial charge < -0.3 is 9.88 Å². The molecule has 1 saturated carbocycles. The van der Waals surface area contributed by atoms with Gasteiger partial charge in [-0.3, -0.25) is 9.36 Å². The number of aryl methyl sites for hydroxylation is 1. The molecular formula is C22H27N5O. The lowest BCUT2D eigenvalue weighted by Gasteiger charge is -2.30. The quantitative estimate of drug-likeness (QED) is 0.752. The summed E-state index contributed by atoms with van der Waals surface area (Å²) in [4.78, 5) is 22.2. The summed E-state index contributed by atoms with van der Waals surface area (Å²) in [5.41, 5.74) is 2.34. The highest BCUT2D eigenvalue weighted by atomic mass is 16.1. The first kappa shape index (κ1) is 17.5. The fourth-order valence-electron chi connectivity index (χ4n) is 5.11. The van der Waals surface area contributed by atoms with Crippen LogP contribution in [0.15, 0.2) is 35.1 Å². The predicted octanol–water partition coefficient (Wildman–Crippen LogP) is 3.89. The van der Waals surface area contributed by atoms with Gasteiger partial charge in [0.05, 0.1) is 12.1 Å². The van der Waals surface area contributed by atoms with Crippen molar-refractivity contribution in [3.63, 3.8) is 0 Å². The van der Waals surface area contributed by atoms with Crippen LogP contribution in [0, 0.1) is 12.8 Å². The Bertz CT molecular complexity index is 1060. The third-order valence-electron chi connectivity index (χ3n) is 6.57. The van der Waals surface area contributed by atoms with Gasteiger partial charge in [0.15, 0.2) is 11.2 Å². The number of benzene rings is 1. The van der Waals surface area contributed by atoms with Crippen molar-refractivity contribution in [3.05, 3.63) is 52.1 Å². The van der Waals surface area contributed by atoms with E-state index in [2.05, 4.69) is 33.9 Å². The van der Waals surface area contributed by atoms with Crippen molar-refractivity contribution in [2.24, 2.45) is 5.92 Å². The number of hydrogen-bond acceptors (Lipinski definition) is 4. The molecule has 1 N–H and O–H groups in total. The molecule has 2 atom stereocenters. The van der Waals surface area contributed by atoms with Crippen LogP contribution in [0.5, 0.6) is 0 Å². The zero-order valence-corrected chi connectivity index (χ0v) is 16.6. The largest absolute Gasteiger partial charge is 0.350 e. The Balaban J connectivity index is 1.59. The van der Waals surface area contributed by atoms with Gasteiger partial charge in [0.25, 0.3) is 0 Å². The summed E-state index contributed by atoms with van der Waals surface area (Å²) in [5.74, 6) is 2.18. The Morgan fingerprint density at radius 2 is 1.86 bits per heavy atom. The van der Waals surface area contributed by atoms with Gasteiger partial charge >= 0.3 is 5.56 Å². The lowest BCUT2D eigenvalue weighted by molar-refractivity contribution is 0.286. The van der Waals surface area contributed by atoms with Crippen LogP contribution in [0.2, 0.25) is 0 Å². The maximum atomic E-state index is 12.9. The molecule has 1 aromatic carbocycles. The summed E-state index contributed by atoms with van der Waals surface area (Å²) in [5, 5.41) is 3.57. The monoisotopic (exact) mass is 377 g/mol. The van der Waals surface area contributed by atoms with Gasteiger partial charge in [-0.05, 0) is 38.2 Å². The second-order valence-electron chi connectivity index (χ2n) is 8.32. The minimum Gasteiger partial charge on any atom is -0.350 e. The maximum absolute atomic E-state index is 12.9. The van der Waals surface area contributed by atoms with E-state index in [1.807, 2.05) is 29.7 Å². The summed E-state index contributed by atoms with van der Waals surface area (Å²) in [6.45, 7) is 4.84. The number of fused-ring (bicyclic) bond motifs is 3. The molecule has 2 aliphatic rings. The minimum atomic E-state index is -0.193. The van der Waals surface area contributed by atoms with Gasteiger partial charge in [-0.25, -0.2) is 4.98 Å². The minimum absolute atomic E-state index is 0.193. The average molecular weight is 377 g/mol. The lowest BCUT2D eigenvalue weighted by Crippen LogP contribution is -2.31. The summed E-state index contributed by atoms with van der Waals surface area (Å²) in [7, 11) is 0. The molecule has 0 amide bonds. The second-order valence-corrected chi connectivity index (χ2v) is 8.32. The van der Waals surface area contributed by atoms with Crippen molar-refractivity contribution in [2.75, 3.05) is 5.32 Å². The number of nitrogens with zero attached hydrogens (tertiary/aromatic N) is 4. The third kappa shape index (κ3) is 2.74. The molecule has 1 aliphatic heterocycles. The van der Waals surface area contributed by atoms with E-state index in [1.54, 1.807) is 0 Å². The van der Waals surface area contributed by atoms with Gasteiger partial charge in [0.1, 0.15) is 5.82 Å². The van der Waals surface area contributed by atoms with E-state index in [0.717, 1.165) is 17.0 Å². The third-order valence-corrected chi connectivity index (χ3v) is 6.57. The summed E-state index contributed by atoms with van der Waals surface area (Å²) >= 11 is 0. The van der Waals surface area contributed by atoms with E-state index in [4.69, 9.17) is 4.98 Å². The molecule has 6 nitrogen and oxygen atoms in total. The summed E-state index contributed by atoms with van der Waals surface area (Å²) in [6.07, 6.45) is 6.46. The van der Waals surface area contributed by atoms with Crippen LogP contribution < -0.4 is 10.9 Å². The number of rotatable bonds is 3. The van der Waals surface area contributed by atoms with Gasteiger partial charge in [0.2, 0.25) is 5.95 Å². The summed E-state index contributed by atoms with van der Waals surface area (Å²) in [6, 6.07) is 10.8. The van der Waals surface area contributed by atoms with Crippen LogP contribution in [0.25, 0.3) is 11.2 Å². The Hall–Kier alpha value is -2.63. The highest BCUT2D eigenvalue weighted by Gasteiger charge is 2.37. The molecule has 2 aromatic heterocycles. The van der Waals surface area contributed by atoms with Crippen molar-refractivity contribution in [1.29, 1.82) is 0 Å². The van der Waals surface area contributed by atoms with Crippen LogP contribution in [0.4, 0.5) is 5.95 Å². The van der Waals surface area contributed by atoms with Gasteiger partial charge in [-0.2, -0.15) is 4.98 Å². The van der Waals surface area contributed by atoms with Crippen molar-refractivity contribution >= 4 is 17.1 Å². The Morgan fingerprint density at radius 3 is 2.61 bits per heavy atom. The van der Waals surface area contributed by atoms with Gasteiger partial charge in [0, 0.05) is 6.54 Å². The van der Waals surface area contributed by atoms with Crippen LogP contribution in [-0.2, 0) is 6.54 Å². The molecule has 146 valence electrons. The summed E-state index contributed by atoms with van der Waals surface area (Å²) < 4.78 is 4.17. The van der Waals surface area contributed by atoms with Crippen molar-refractivity contribution in [3.8, 4) is 0 Å². The predicted molar refractivity (Wildman–Crippen MR) is 111 cm³/mol. The van der Waals surface area contributed by atoms with E-state index < -0.39 is 0 Å². The number of hydrogen-bond donors (Lipinski definition) is 1. The molecule has 1 unspecified atom stereocenters. The lowest BCUT2D eigenvalue weighted by atomic mass is 9.82. The molecule has 0 saturated heterocycles. The number of aromatic nitrogens is 4. The van der Waals surface area contributed by atoms with Crippen molar-refractivity contribution in [2.45, 2.75) is 64.6 Å². The molecule has 1 fully saturated rings. The Morgan fingerprint density at radius 1 is 1.11 bits per heavy atom. The van der Waals surface area contributed by atoms with E-state index >= 15 is 0 Å². The first-order chi connectivity index (χ1) is 13.6. The highest BCUT2D eigenvalue weighted by Crippen LogP contribution is 2.38. The standard InChI is InChI=1S/C22H27N5O/c1-14-18(17-11-7-4-8-12-17)24-22-25-21(28)19-20(27(14)22)23-15(2)26(19)13-16-9-5-3-6-10-16/h3,5-6,9-10,14,17-18H,4,7-8,11-13H2,1-2H3,(H,24,25,28)/t14?,18-/m0/s1. The zero-order chi connectivity index (χ0) is 19.3. The topological polar surface area (TPSA) is 64.7 Å². The average Bonchev–Trinajstić information content (AvgIpc) is 3.21. The molecule has 0 spiro atoms. The van der Waals surface area contributed by atoms with Gasteiger partial charge in [-0.15, -0.1) is 0 Å². The number of imidazole rings is 1. The Labute approximate surface area is 164 Å².